The zero-order valence-corrected chi connectivity index (χ0v) is 11.4. The molecule has 8 heteroatoms. The predicted molar refractivity (Wildman–Crippen MR) is 67.8 cm³/mol. The molecule has 0 aromatic carbocycles. The molecule has 0 aliphatic carbocycles. The minimum absolute atomic E-state index is 0.0105. The maximum atomic E-state index is 12.9. The van der Waals surface area contributed by atoms with Gasteiger partial charge < -0.3 is 9.05 Å². The lowest BCUT2D eigenvalue weighted by molar-refractivity contribution is 0.369. The summed E-state index contributed by atoms with van der Waals surface area (Å²) in [7, 11) is -3.64. The van der Waals surface area contributed by atoms with E-state index in [0.29, 0.717) is 0 Å². The van der Waals surface area contributed by atoms with Crippen molar-refractivity contribution >= 4 is 7.60 Å². The van der Waals surface area contributed by atoms with Crippen LogP contribution < -0.4 is 9.05 Å². The van der Waals surface area contributed by atoms with E-state index in [1.165, 1.54) is 24.3 Å². The van der Waals surface area contributed by atoms with Gasteiger partial charge >= 0.3 is 7.60 Å². The Kier molecular flexibility index (Phi) is 4.29. The van der Waals surface area contributed by atoms with Gasteiger partial charge in [0.25, 0.3) is 0 Å². The SMILES string of the molecule is CCP(=O)(Oc1cccc(F)n1)Oc1cccc(F)n1. The van der Waals surface area contributed by atoms with Crippen molar-refractivity contribution in [2.24, 2.45) is 0 Å². The van der Waals surface area contributed by atoms with Crippen molar-refractivity contribution < 1.29 is 22.4 Å². The van der Waals surface area contributed by atoms with E-state index in [9.17, 15) is 13.3 Å². The molecular weight excluding hydrogens is 289 g/mol. The average Bonchev–Trinajstić information content (AvgIpc) is 2.38. The molecular formula is C12H11F2N2O3P. The van der Waals surface area contributed by atoms with E-state index in [0.717, 1.165) is 12.1 Å². The van der Waals surface area contributed by atoms with Gasteiger partial charge in [-0.2, -0.15) is 18.7 Å². The summed E-state index contributed by atoms with van der Waals surface area (Å²) >= 11 is 0. The Morgan fingerprint density at radius 3 is 1.80 bits per heavy atom. The molecule has 0 amide bonds. The molecule has 0 unspecified atom stereocenters. The van der Waals surface area contributed by atoms with Gasteiger partial charge in [-0.25, -0.2) is 4.57 Å². The van der Waals surface area contributed by atoms with Gasteiger partial charge in [0, 0.05) is 12.1 Å². The predicted octanol–water partition coefficient (Wildman–Crippen LogP) is 3.43. The largest absolute Gasteiger partial charge is 0.432 e. The Morgan fingerprint density at radius 1 is 1.00 bits per heavy atom. The molecule has 2 heterocycles. The summed E-state index contributed by atoms with van der Waals surface area (Å²) in [4.78, 5) is 6.86. The molecule has 5 nitrogen and oxygen atoms in total. The molecule has 0 N–H and O–H groups in total. The third-order valence-corrected chi connectivity index (χ3v) is 3.94. The van der Waals surface area contributed by atoms with Crippen LogP contribution >= 0.6 is 7.60 Å². The van der Waals surface area contributed by atoms with Crippen LogP contribution in [0.4, 0.5) is 8.78 Å². The fraction of sp³-hybridized carbons (Fsp3) is 0.167. The number of aromatic nitrogens is 2. The number of rotatable bonds is 5. The van der Waals surface area contributed by atoms with Crippen LogP contribution in [-0.4, -0.2) is 16.1 Å². The second kappa shape index (κ2) is 5.96. The van der Waals surface area contributed by atoms with Gasteiger partial charge in [0.2, 0.25) is 23.7 Å². The molecule has 0 fully saturated rings. The second-order valence-electron chi connectivity index (χ2n) is 3.71. The van der Waals surface area contributed by atoms with Gasteiger partial charge in [-0.1, -0.05) is 19.1 Å². The van der Waals surface area contributed by atoms with Gasteiger partial charge in [0.1, 0.15) is 0 Å². The van der Waals surface area contributed by atoms with E-state index in [-0.39, 0.29) is 17.9 Å². The number of hydrogen-bond acceptors (Lipinski definition) is 5. The van der Waals surface area contributed by atoms with Crippen LogP contribution in [0.1, 0.15) is 6.92 Å². The lowest BCUT2D eigenvalue weighted by atomic mass is 10.5. The maximum absolute atomic E-state index is 12.9. The van der Waals surface area contributed by atoms with Crippen molar-refractivity contribution in [1.29, 1.82) is 0 Å². The van der Waals surface area contributed by atoms with Crippen LogP contribution in [0.2, 0.25) is 0 Å². The lowest BCUT2D eigenvalue weighted by Gasteiger charge is -2.17. The van der Waals surface area contributed by atoms with Crippen LogP contribution in [-0.2, 0) is 4.57 Å². The van der Waals surface area contributed by atoms with Crippen molar-refractivity contribution in [2.75, 3.05) is 6.16 Å². The Bertz CT molecular complexity index is 603. The fourth-order valence-electron chi connectivity index (χ4n) is 1.31. The van der Waals surface area contributed by atoms with E-state index in [4.69, 9.17) is 9.05 Å². The summed E-state index contributed by atoms with van der Waals surface area (Å²) in [5.41, 5.74) is 0. The van der Waals surface area contributed by atoms with Crippen molar-refractivity contribution in [1.82, 2.24) is 9.97 Å². The zero-order chi connectivity index (χ0) is 14.6. The average molecular weight is 300 g/mol. The molecule has 2 aromatic rings. The minimum atomic E-state index is -3.64. The normalized spacial score (nSPS) is 11.2. The van der Waals surface area contributed by atoms with Gasteiger partial charge in [-0.3, -0.25) is 0 Å². The zero-order valence-electron chi connectivity index (χ0n) is 10.5. The highest BCUT2D eigenvalue weighted by molar-refractivity contribution is 7.54. The van der Waals surface area contributed by atoms with Crippen LogP contribution in [0.5, 0.6) is 11.8 Å². The van der Waals surface area contributed by atoms with Crippen molar-refractivity contribution in [3.05, 3.63) is 48.3 Å². The van der Waals surface area contributed by atoms with E-state index in [2.05, 4.69) is 9.97 Å². The minimum Gasteiger partial charge on any atom is -0.397 e. The smallest absolute Gasteiger partial charge is 0.397 e. The molecule has 0 aliphatic rings. The summed E-state index contributed by atoms with van der Waals surface area (Å²) in [6.45, 7) is 1.55. The molecule has 0 atom stereocenters. The molecule has 0 saturated heterocycles. The molecule has 0 aliphatic heterocycles. The maximum Gasteiger partial charge on any atom is 0.432 e. The number of hydrogen-bond donors (Lipinski definition) is 0. The molecule has 2 aromatic heterocycles. The third kappa shape index (κ3) is 3.74. The highest BCUT2D eigenvalue weighted by Gasteiger charge is 2.27. The molecule has 2 rings (SSSR count). The van der Waals surface area contributed by atoms with Crippen LogP contribution in [0, 0.1) is 11.9 Å². The third-order valence-electron chi connectivity index (χ3n) is 2.23. The molecule has 106 valence electrons. The Morgan fingerprint density at radius 2 is 1.45 bits per heavy atom. The van der Waals surface area contributed by atoms with Gasteiger partial charge in [0.15, 0.2) is 0 Å². The van der Waals surface area contributed by atoms with E-state index in [1.807, 2.05) is 0 Å². The first-order valence-electron chi connectivity index (χ1n) is 5.74. The summed E-state index contributed by atoms with van der Waals surface area (Å²) in [5.74, 6) is -1.89. The Hall–Kier alpha value is -2.01. The van der Waals surface area contributed by atoms with E-state index in [1.54, 1.807) is 6.92 Å². The topological polar surface area (TPSA) is 61.3 Å². The first-order chi connectivity index (χ1) is 9.50. The molecule has 0 saturated carbocycles. The van der Waals surface area contributed by atoms with Crippen molar-refractivity contribution in [2.45, 2.75) is 6.92 Å². The van der Waals surface area contributed by atoms with E-state index >= 15 is 0 Å². The van der Waals surface area contributed by atoms with Crippen LogP contribution in [0.15, 0.2) is 36.4 Å². The first kappa shape index (κ1) is 14.4. The number of halogens is 2. The molecule has 0 radical (unpaired) electrons. The highest BCUT2D eigenvalue weighted by Crippen LogP contribution is 2.47. The summed E-state index contributed by atoms with van der Waals surface area (Å²) < 4.78 is 48.5. The summed E-state index contributed by atoms with van der Waals surface area (Å²) in [6, 6.07) is 7.65. The van der Waals surface area contributed by atoms with Gasteiger partial charge in [-0.05, 0) is 12.1 Å². The first-order valence-corrected chi connectivity index (χ1v) is 7.47. The van der Waals surface area contributed by atoms with Crippen LogP contribution in [0.3, 0.4) is 0 Å². The summed E-state index contributed by atoms with van der Waals surface area (Å²) in [6.07, 6.45) is -0.0105. The molecule has 20 heavy (non-hydrogen) atoms. The number of nitrogens with zero attached hydrogens (tertiary/aromatic N) is 2. The van der Waals surface area contributed by atoms with E-state index < -0.39 is 19.5 Å². The van der Waals surface area contributed by atoms with Gasteiger partial charge in [0.05, 0.1) is 6.16 Å². The Labute approximate surface area is 114 Å². The second-order valence-corrected chi connectivity index (χ2v) is 5.93. The lowest BCUT2D eigenvalue weighted by Crippen LogP contribution is -2.05. The quantitative estimate of drug-likeness (QED) is 0.625. The standard InChI is InChI=1S/C12H11F2N2O3P/c1-2-20(17,18-11-7-3-5-9(13)15-11)19-12-8-4-6-10(14)16-12/h3-8H,2H2,1H3. The van der Waals surface area contributed by atoms with Crippen molar-refractivity contribution in [3.8, 4) is 11.8 Å². The summed E-state index contributed by atoms with van der Waals surface area (Å²) in [5, 5.41) is 0. The molecule has 0 spiro atoms. The molecule has 0 bridgehead atoms. The highest BCUT2D eigenvalue weighted by atomic mass is 31.2. The fourth-order valence-corrected chi connectivity index (χ4v) is 2.38. The monoisotopic (exact) mass is 300 g/mol. The number of pyridine rings is 2. The van der Waals surface area contributed by atoms with Gasteiger partial charge in [-0.15, -0.1) is 0 Å². The van der Waals surface area contributed by atoms with Crippen molar-refractivity contribution in [3.63, 3.8) is 0 Å². The Balaban J connectivity index is 2.19. The van der Waals surface area contributed by atoms with Crippen LogP contribution in [0.25, 0.3) is 0 Å².